The molecule has 104 valence electrons. The second kappa shape index (κ2) is 6.23. The van der Waals surface area contributed by atoms with Gasteiger partial charge in [-0.05, 0) is 31.0 Å². The molecule has 3 rings (SSSR count). The zero-order valence-corrected chi connectivity index (χ0v) is 11.8. The summed E-state index contributed by atoms with van der Waals surface area (Å²) in [5.41, 5.74) is 1.21. The molecule has 0 radical (unpaired) electrons. The van der Waals surface area contributed by atoms with E-state index in [0.717, 1.165) is 37.9 Å². The number of halogens is 1. The van der Waals surface area contributed by atoms with Crippen LogP contribution in [0.15, 0.2) is 24.3 Å². The molecular weight excluding hydrogens is 262 g/mol. The highest BCUT2D eigenvalue weighted by Gasteiger charge is 2.31. The van der Waals surface area contributed by atoms with Gasteiger partial charge in [0.05, 0.1) is 13.2 Å². The lowest BCUT2D eigenvalue weighted by atomic mass is 9.97. The first kappa shape index (κ1) is 13.4. The quantitative estimate of drug-likeness (QED) is 0.850. The van der Waals surface area contributed by atoms with Crippen molar-refractivity contribution in [3.8, 4) is 0 Å². The average molecular weight is 282 g/mol. The third kappa shape index (κ3) is 3.29. The van der Waals surface area contributed by atoms with Crippen LogP contribution in [0.1, 0.15) is 18.4 Å². The van der Waals surface area contributed by atoms with E-state index in [1.807, 2.05) is 18.2 Å². The van der Waals surface area contributed by atoms with Gasteiger partial charge in [-0.25, -0.2) is 0 Å². The van der Waals surface area contributed by atoms with Gasteiger partial charge in [0.25, 0.3) is 0 Å². The van der Waals surface area contributed by atoms with E-state index in [1.54, 1.807) is 0 Å². The van der Waals surface area contributed by atoms with Crippen molar-refractivity contribution in [1.82, 2.24) is 4.90 Å². The van der Waals surface area contributed by atoms with Crippen LogP contribution in [0.25, 0.3) is 0 Å². The minimum Gasteiger partial charge on any atom is -0.350 e. The molecule has 0 spiro atoms. The van der Waals surface area contributed by atoms with Gasteiger partial charge in [0, 0.05) is 24.0 Å². The zero-order valence-electron chi connectivity index (χ0n) is 11.1. The van der Waals surface area contributed by atoms with Crippen molar-refractivity contribution in [2.24, 2.45) is 5.92 Å². The lowest BCUT2D eigenvalue weighted by molar-refractivity contribution is -0.101. The normalized spacial score (nSPS) is 25.8. The van der Waals surface area contributed by atoms with Gasteiger partial charge in [0.2, 0.25) is 0 Å². The molecular formula is C15H20ClNO2. The number of hydrogen-bond acceptors (Lipinski definition) is 3. The molecule has 2 fully saturated rings. The molecule has 0 amide bonds. The van der Waals surface area contributed by atoms with Crippen molar-refractivity contribution in [3.05, 3.63) is 34.9 Å². The third-order valence-electron chi connectivity index (χ3n) is 3.93. The smallest absolute Gasteiger partial charge is 0.161 e. The first-order chi connectivity index (χ1) is 9.33. The van der Waals surface area contributed by atoms with E-state index in [9.17, 15) is 0 Å². The maximum absolute atomic E-state index is 6.23. The van der Waals surface area contributed by atoms with Crippen molar-refractivity contribution in [2.45, 2.75) is 25.7 Å². The number of nitrogens with zero attached hydrogens (tertiary/aromatic N) is 1. The van der Waals surface area contributed by atoms with E-state index in [4.69, 9.17) is 21.1 Å². The molecule has 2 aliphatic rings. The lowest BCUT2D eigenvalue weighted by Gasteiger charge is -2.34. The van der Waals surface area contributed by atoms with Gasteiger partial charge >= 0.3 is 0 Å². The van der Waals surface area contributed by atoms with Crippen LogP contribution in [0.3, 0.4) is 0 Å². The maximum atomic E-state index is 6.23. The van der Waals surface area contributed by atoms with Crippen LogP contribution in [0, 0.1) is 5.92 Å². The number of hydrogen-bond donors (Lipinski definition) is 0. The molecule has 2 heterocycles. The first-order valence-corrected chi connectivity index (χ1v) is 7.40. The highest BCUT2D eigenvalue weighted by molar-refractivity contribution is 6.31. The van der Waals surface area contributed by atoms with E-state index < -0.39 is 0 Å². The molecule has 0 aliphatic carbocycles. The monoisotopic (exact) mass is 281 g/mol. The number of piperidine rings is 1. The Hall–Kier alpha value is -0.610. The highest BCUT2D eigenvalue weighted by Crippen LogP contribution is 2.26. The molecule has 0 aromatic heterocycles. The molecule has 3 nitrogen and oxygen atoms in total. The van der Waals surface area contributed by atoms with E-state index >= 15 is 0 Å². The van der Waals surface area contributed by atoms with Gasteiger partial charge < -0.3 is 9.47 Å². The second-order valence-electron chi connectivity index (χ2n) is 5.34. The summed E-state index contributed by atoms with van der Waals surface area (Å²) >= 11 is 6.23. The summed E-state index contributed by atoms with van der Waals surface area (Å²) in [5.74, 6) is 0.499. The lowest BCUT2D eigenvalue weighted by Crippen LogP contribution is -2.40. The van der Waals surface area contributed by atoms with Crippen LogP contribution in [-0.4, -0.2) is 37.5 Å². The topological polar surface area (TPSA) is 21.7 Å². The Morgan fingerprint density at radius 2 is 2.00 bits per heavy atom. The summed E-state index contributed by atoms with van der Waals surface area (Å²) < 4.78 is 11.3. The van der Waals surface area contributed by atoms with E-state index in [2.05, 4.69) is 11.0 Å². The summed E-state index contributed by atoms with van der Waals surface area (Å²) in [6.45, 7) is 4.57. The fourth-order valence-electron chi connectivity index (χ4n) is 2.97. The van der Waals surface area contributed by atoms with Crippen LogP contribution >= 0.6 is 11.6 Å². The van der Waals surface area contributed by atoms with Gasteiger partial charge in [-0.2, -0.15) is 0 Å². The molecule has 1 atom stereocenters. The van der Waals surface area contributed by atoms with Crippen molar-refractivity contribution >= 4 is 11.6 Å². The van der Waals surface area contributed by atoms with Crippen LogP contribution in [0.4, 0.5) is 0 Å². The van der Waals surface area contributed by atoms with E-state index in [1.165, 1.54) is 18.4 Å². The molecule has 19 heavy (non-hydrogen) atoms. The molecule has 0 saturated carbocycles. The first-order valence-electron chi connectivity index (χ1n) is 7.02. The molecule has 2 aliphatic heterocycles. The van der Waals surface area contributed by atoms with Gasteiger partial charge in [0.1, 0.15) is 0 Å². The summed E-state index contributed by atoms with van der Waals surface area (Å²) in [7, 11) is 0. The van der Waals surface area contributed by atoms with Gasteiger partial charge in [0.15, 0.2) is 6.29 Å². The van der Waals surface area contributed by atoms with Crippen molar-refractivity contribution in [3.63, 3.8) is 0 Å². The number of rotatable bonds is 3. The van der Waals surface area contributed by atoms with Gasteiger partial charge in [-0.3, -0.25) is 4.90 Å². The minimum atomic E-state index is 0.00838. The van der Waals surface area contributed by atoms with Crippen molar-refractivity contribution < 1.29 is 9.47 Å². The Morgan fingerprint density at radius 3 is 2.79 bits per heavy atom. The predicted molar refractivity (Wildman–Crippen MR) is 75.1 cm³/mol. The molecule has 0 N–H and O–H groups in total. The number of ether oxygens (including phenoxy) is 2. The minimum absolute atomic E-state index is 0.00838. The number of likely N-dealkylation sites (tertiary alicyclic amines) is 1. The summed E-state index contributed by atoms with van der Waals surface area (Å²) in [6.07, 6.45) is 2.41. The molecule has 4 heteroatoms. The summed E-state index contributed by atoms with van der Waals surface area (Å²) in [4.78, 5) is 2.46. The van der Waals surface area contributed by atoms with Crippen molar-refractivity contribution in [1.29, 1.82) is 0 Å². The summed E-state index contributed by atoms with van der Waals surface area (Å²) in [6, 6.07) is 8.09. The van der Waals surface area contributed by atoms with E-state index in [0.29, 0.717) is 5.92 Å². The van der Waals surface area contributed by atoms with E-state index in [-0.39, 0.29) is 6.29 Å². The Kier molecular flexibility index (Phi) is 4.38. The highest BCUT2D eigenvalue weighted by atomic mass is 35.5. The molecule has 1 aromatic carbocycles. The molecule has 1 aromatic rings. The standard InChI is InChI=1S/C15H20ClNO2/c16-14-6-2-1-4-12(14)10-17-7-3-5-13(11-17)15-18-8-9-19-15/h1-2,4,6,13,15H,3,5,7-11H2/t13-/m0/s1. The number of benzene rings is 1. The predicted octanol–water partition coefficient (Wildman–Crippen LogP) is 2.92. The Bertz CT molecular complexity index is 420. The Balaban J connectivity index is 1.60. The maximum Gasteiger partial charge on any atom is 0.161 e. The molecule has 0 unspecified atom stereocenters. The average Bonchev–Trinajstić information content (AvgIpc) is 2.96. The van der Waals surface area contributed by atoms with Gasteiger partial charge in [-0.15, -0.1) is 0 Å². The zero-order chi connectivity index (χ0) is 13.1. The Morgan fingerprint density at radius 1 is 1.21 bits per heavy atom. The third-order valence-corrected chi connectivity index (χ3v) is 4.29. The second-order valence-corrected chi connectivity index (χ2v) is 5.75. The van der Waals surface area contributed by atoms with Gasteiger partial charge in [-0.1, -0.05) is 29.8 Å². The Labute approximate surface area is 119 Å². The van der Waals surface area contributed by atoms with Crippen LogP contribution in [0.5, 0.6) is 0 Å². The van der Waals surface area contributed by atoms with Crippen LogP contribution < -0.4 is 0 Å². The largest absolute Gasteiger partial charge is 0.350 e. The fourth-order valence-corrected chi connectivity index (χ4v) is 3.17. The summed E-state index contributed by atoms with van der Waals surface area (Å²) in [5, 5.41) is 0.859. The molecule has 2 saturated heterocycles. The van der Waals surface area contributed by atoms with Crippen LogP contribution in [-0.2, 0) is 16.0 Å². The SMILES string of the molecule is Clc1ccccc1CN1CCC[C@H](C2OCCO2)C1. The van der Waals surface area contributed by atoms with Crippen molar-refractivity contribution in [2.75, 3.05) is 26.3 Å². The fraction of sp³-hybridized carbons (Fsp3) is 0.600. The molecule has 0 bridgehead atoms. The van der Waals surface area contributed by atoms with Crippen LogP contribution in [0.2, 0.25) is 5.02 Å².